The van der Waals surface area contributed by atoms with E-state index in [9.17, 15) is 9.18 Å². The second-order valence-electron chi connectivity index (χ2n) is 5.68. The summed E-state index contributed by atoms with van der Waals surface area (Å²) in [6.07, 6.45) is 2.24. The molecule has 0 unspecified atom stereocenters. The van der Waals surface area contributed by atoms with Gasteiger partial charge in [0.1, 0.15) is 5.82 Å². The Hall–Kier alpha value is -2.95. The van der Waals surface area contributed by atoms with Gasteiger partial charge in [-0.2, -0.15) is 5.10 Å². The highest BCUT2D eigenvalue weighted by atomic mass is 19.1. The number of nitrogens with zero attached hydrogens (tertiary/aromatic N) is 2. The van der Waals surface area contributed by atoms with Crippen molar-refractivity contribution < 1.29 is 14.3 Å². The number of aliphatic carboxylic acids is 1. The summed E-state index contributed by atoms with van der Waals surface area (Å²) in [6, 6.07) is 14.0. The number of carboxylic acid groups (broad SMARTS) is 1. The van der Waals surface area contributed by atoms with Crippen LogP contribution in [0.2, 0.25) is 0 Å². The summed E-state index contributed by atoms with van der Waals surface area (Å²) in [5.74, 6) is -1.16. The molecule has 1 aromatic heterocycles. The molecule has 0 saturated carbocycles. The largest absolute Gasteiger partial charge is 0.481 e. The number of aryl methyl sites for hydroxylation is 2. The fourth-order valence-electron chi connectivity index (χ4n) is 2.51. The summed E-state index contributed by atoms with van der Waals surface area (Å²) >= 11 is 0. The molecule has 0 aliphatic carbocycles. The predicted molar refractivity (Wildman–Crippen MR) is 89.7 cm³/mol. The van der Waals surface area contributed by atoms with Gasteiger partial charge in [-0.3, -0.25) is 4.79 Å². The van der Waals surface area contributed by atoms with Crippen LogP contribution in [0.4, 0.5) is 4.39 Å². The SMILES string of the molecule is Cc1ccc(-c2nn(-c3ccc(F)cc3)cc2CCC(=O)O)cc1. The molecule has 0 bridgehead atoms. The minimum absolute atomic E-state index is 0.0357. The first-order chi connectivity index (χ1) is 11.5. The average molecular weight is 324 g/mol. The van der Waals surface area contributed by atoms with E-state index in [1.54, 1.807) is 16.8 Å². The number of aromatic nitrogens is 2. The van der Waals surface area contributed by atoms with Crippen LogP contribution >= 0.6 is 0 Å². The standard InChI is InChI=1S/C19H17FN2O2/c1-13-2-4-14(5-3-13)19-15(6-11-18(23)24)12-22(21-19)17-9-7-16(20)8-10-17/h2-5,7-10,12H,6,11H2,1H3,(H,23,24). The number of carboxylic acids is 1. The summed E-state index contributed by atoms with van der Waals surface area (Å²) in [6.45, 7) is 2.01. The highest BCUT2D eigenvalue weighted by Crippen LogP contribution is 2.25. The van der Waals surface area contributed by atoms with Crippen LogP contribution in [0.1, 0.15) is 17.5 Å². The second-order valence-corrected chi connectivity index (χ2v) is 5.68. The first kappa shape index (κ1) is 15.9. The molecule has 122 valence electrons. The minimum Gasteiger partial charge on any atom is -0.481 e. The molecule has 1 heterocycles. The Morgan fingerprint density at radius 2 is 1.79 bits per heavy atom. The van der Waals surface area contributed by atoms with Gasteiger partial charge in [0.25, 0.3) is 0 Å². The Kier molecular flexibility index (Phi) is 4.42. The molecule has 0 saturated heterocycles. The van der Waals surface area contributed by atoms with Crippen LogP contribution in [0.15, 0.2) is 54.7 Å². The van der Waals surface area contributed by atoms with Crippen molar-refractivity contribution in [1.29, 1.82) is 0 Å². The van der Waals surface area contributed by atoms with Crippen LogP contribution in [0, 0.1) is 12.7 Å². The van der Waals surface area contributed by atoms with Gasteiger partial charge in [-0.05, 0) is 43.2 Å². The third-order valence-corrected chi connectivity index (χ3v) is 3.81. The lowest BCUT2D eigenvalue weighted by molar-refractivity contribution is -0.136. The van der Waals surface area contributed by atoms with Gasteiger partial charge in [-0.1, -0.05) is 29.8 Å². The lowest BCUT2D eigenvalue weighted by atomic mass is 10.0. The van der Waals surface area contributed by atoms with Crippen molar-refractivity contribution >= 4 is 5.97 Å². The van der Waals surface area contributed by atoms with E-state index in [1.807, 2.05) is 37.4 Å². The van der Waals surface area contributed by atoms with Crippen LogP contribution in [-0.2, 0) is 11.2 Å². The summed E-state index contributed by atoms with van der Waals surface area (Å²) in [7, 11) is 0. The van der Waals surface area contributed by atoms with E-state index in [-0.39, 0.29) is 12.2 Å². The van der Waals surface area contributed by atoms with E-state index in [0.29, 0.717) is 6.42 Å². The molecule has 0 spiro atoms. The molecule has 0 aliphatic rings. The predicted octanol–water partition coefficient (Wildman–Crippen LogP) is 4.00. The van der Waals surface area contributed by atoms with E-state index < -0.39 is 5.97 Å². The number of rotatable bonds is 5. The van der Waals surface area contributed by atoms with Crippen molar-refractivity contribution in [2.24, 2.45) is 0 Å². The molecule has 2 aromatic carbocycles. The Morgan fingerprint density at radius 3 is 2.42 bits per heavy atom. The van der Waals surface area contributed by atoms with Gasteiger partial charge in [-0.25, -0.2) is 9.07 Å². The normalized spacial score (nSPS) is 10.8. The lowest BCUT2D eigenvalue weighted by Gasteiger charge is -2.02. The van der Waals surface area contributed by atoms with Crippen molar-refractivity contribution in [3.8, 4) is 16.9 Å². The first-order valence-electron chi connectivity index (χ1n) is 7.66. The quantitative estimate of drug-likeness (QED) is 0.771. The van der Waals surface area contributed by atoms with Gasteiger partial charge < -0.3 is 5.11 Å². The number of carbonyl (C=O) groups is 1. The van der Waals surface area contributed by atoms with Gasteiger partial charge in [0.15, 0.2) is 0 Å². The Balaban J connectivity index is 2.02. The smallest absolute Gasteiger partial charge is 0.303 e. The van der Waals surface area contributed by atoms with Crippen LogP contribution in [-0.4, -0.2) is 20.9 Å². The molecule has 0 fully saturated rings. The Bertz CT molecular complexity index is 852. The Labute approximate surface area is 139 Å². The summed E-state index contributed by atoms with van der Waals surface area (Å²) < 4.78 is 14.8. The molecule has 0 aliphatic heterocycles. The molecule has 0 amide bonds. The van der Waals surface area contributed by atoms with Crippen molar-refractivity contribution in [2.75, 3.05) is 0 Å². The van der Waals surface area contributed by atoms with Crippen LogP contribution in [0.5, 0.6) is 0 Å². The molecule has 4 nitrogen and oxygen atoms in total. The monoisotopic (exact) mass is 324 g/mol. The van der Waals surface area contributed by atoms with Crippen molar-refractivity contribution in [3.63, 3.8) is 0 Å². The topological polar surface area (TPSA) is 55.1 Å². The molecular formula is C19H17FN2O2. The van der Waals surface area contributed by atoms with Crippen molar-refractivity contribution in [3.05, 3.63) is 71.7 Å². The van der Waals surface area contributed by atoms with Crippen LogP contribution in [0.3, 0.4) is 0 Å². The lowest BCUT2D eigenvalue weighted by Crippen LogP contribution is -1.97. The number of benzene rings is 2. The molecule has 1 N–H and O–H groups in total. The van der Waals surface area contributed by atoms with E-state index >= 15 is 0 Å². The second kappa shape index (κ2) is 6.66. The molecule has 3 aromatic rings. The van der Waals surface area contributed by atoms with Crippen molar-refractivity contribution in [2.45, 2.75) is 19.8 Å². The van der Waals surface area contributed by atoms with Gasteiger partial charge >= 0.3 is 5.97 Å². The molecule has 24 heavy (non-hydrogen) atoms. The summed E-state index contributed by atoms with van der Waals surface area (Å²) in [4.78, 5) is 10.9. The fourth-order valence-corrected chi connectivity index (χ4v) is 2.51. The van der Waals surface area contributed by atoms with Crippen molar-refractivity contribution in [1.82, 2.24) is 9.78 Å². The minimum atomic E-state index is -0.848. The summed E-state index contributed by atoms with van der Waals surface area (Å²) in [5, 5.41) is 13.5. The van der Waals surface area contributed by atoms with Crippen LogP contribution < -0.4 is 0 Å². The summed E-state index contributed by atoms with van der Waals surface area (Å²) in [5.41, 5.74) is 4.41. The number of hydrogen-bond donors (Lipinski definition) is 1. The molecule has 3 rings (SSSR count). The van der Waals surface area contributed by atoms with Gasteiger partial charge in [0.2, 0.25) is 0 Å². The zero-order chi connectivity index (χ0) is 17.1. The zero-order valence-electron chi connectivity index (χ0n) is 13.2. The third-order valence-electron chi connectivity index (χ3n) is 3.81. The molecule has 0 radical (unpaired) electrons. The Morgan fingerprint density at radius 1 is 1.12 bits per heavy atom. The molecule has 0 atom stereocenters. The maximum atomic E-state index is 13.1. The number of halogens is 1. The van der Waals surface area contributed by atoms with E-state index in [1.165, 1.54) is 12.1 Å². The van der Waals surface area contributed by atoms with Gasteiger partial charge in [0, 0.05) is 18.2 Å². The maximum Gasteiger partial charge on any atom is 0.303 e. The zero-order valence-corrected chi connectivity index (χ0v) is 13.2. The van der Waals surface area contributed by atoms with E-state index in [4.69, 9.17) is 5.11 Å². The van der Waals surface area contributed by atoms with Gasteiger partial charge in [0.05, 0.1) is 11.4 Å². The van der Waals surface area contributed by atoms with Crippen LogP contribution in [0.25, 0.3) is 16.9 Å². The first-order valence-corrected chi connectivity index (χ1v) is 7.66. The van der Waals surface area contributed by atoms with Gasteiger partial charge in [-0.15, -0.1) is 0 Å². The molecular weight excluding hydrogens is 307 g/mol. The molecule has 5 heteroatoms. The highest BCUT2D eigenvalue weighted by molar-refractivity contribution is 5.69. The fraction of sp³-hybridized carbons (Fsp3) is 0.158. The maximum absolute atomic E-state index is 13.1. The average Bonchev–Trinajstić information content (AvgIpc) is 2.98. The van der Waals surface area contributed by atoms with E-state index in [0.717, 1.165) is 28.1 Å². The van der Waals surface area contributed by atoms with E-state index in [2.05, 4.69) is 5.10 Å². The highest BCUT2D eigenvalue weighted by Gasteiger charge is 2.13. The third kappa shape index (κ3) is 3.51. The number of hydrogen-bond acceptors (Lipinski definition) is 2.